The van der Waals surface area contributed by atoms with Gasteiger partial charge in [0.2, 0.25) is 11.9 Å². The fourth-order valence-corrected chi connectivity index (χ4v) is 3.83. The first-order valence-electron chi connectivity index (χ1n) is 9.72. The van der Waals surface area contributed by atoms with Gasteiger partial charge in [-0.1, -0.05) is 0 Å². The van der Waals surface area contributed by atoms with Gasteiger partial charge in [0.05, 0.1) is 12.2 Å². The predicted octanol–water partition coefficient (Wildman–Crippen LogP) is 1.02. The second-order valence-corrected chi connectivity index (χ2v) is 7.40. The molecule has 2 fully saturated rings. The van der Waals surface area contributed by atoms with Gasteiger partial charge in [-0.15, -0.1) is 0 Å². The minimum atomic E-state index is 0.267. The second-order valence-electron chi connectivity index (χ2n) is 7.40. The van der Waals surface area contributed by atoms with Crippen LogP contribution in [-0.4, -0.2) is 81.3 Å². The fourth-order valence-electron chi connectivity index (χ4n) is 3.83. The van der Waals surface area contributed by atoms with Gasteiger partial charge >= 0.3 is 0 Å². The molecule has 144 valence electrons. The molecule has 0 aromatic carbocycles. The number of piperazine rings is 1. The van der Waals surface area contributed by atoms with Crippen molar-refractivity contribution in [3.8, 4) is 5.82 Å². The summed E-state index contributed by atoms with van der Waals surface area (Å²) in [4.78, 5) is 27.9. The quantitative estimate of drug-likeness (QED) is 0.802. The van der Waals surface area contributed by atoms with E-state index in [1.54, 1.807) is 6.20 Å². The summed E-state index contributed by atoms with van der Waals surface area (Å²) in [5.41, 5.74) is 2.03. The maximum absolute atomic E-state index is 12.3. The van der Waals surface area contributed by atoms with Crippen LogP contribution < -0.4 is 4.90 Å². The third-order valence-electron chi connectivity index (χ3n) is 5.33. The van der Waals surface area contributed by atoms with Gasteiger partial charge in [0, 0.05) is 57.2 Å². The molecule has 8 heteroatoms. The van der Waals surface area contributed by atoms with E-state index >= 15 is 0 Å². The minimum absolute atomic E-state index is 0.267. The van der Waals surface area contributed by atoms with Crippen LogP contribution in [0, 0.1) is 13.8 Å². The van der Waals surface area contributed by atoms with Gasteiger partial charge in [-0.25, -0.2) is 9.67 Å². The van der Waals surface area contributed by atoms with Crippen molar-refractivity contribution in [2.75, 3.05) is 50.7 Å². The number of amides is 1. The average Bonchev–Trinajstić information content (AvgIpc) is 3.32. The van der Waals surface area contributed by atoms with E-state index in [0.29, 0.717) is 6.54 Å². The van der Waals surface area contributed by atoms with E-state index in [9.17, 15) is 4.79 Å². The van der Waals surface area contributed by atoms with Crippen LogP contribution in [0.3, 0.4) is 0 Å². The van der Waals surface area contributed by atoms with Gasteiger partial charge in [0.15, 0.2) is 5.82 Å². The summed E-state index contributed by atoms with van der Waals surface area (Å²) in [6.07, 6.45) is 4.07. The van der Waals surface area contributed by atoms with Crippen LogP contribution >= 0.6 is 0 Å². The third kappa shape index (κ3) is 3.95. The topological polar surface area (TPSA) is 70.4 Å². The van der Waals surface area contributed by atoms with Crippen molar-refractivity contribution in [1.82, 2.24) is 29.5 Å². The molecule has 0 bridgehead atoms. The summed E-state index contributed by atoms with van der Waals surface area (Å²) in [5, 5.41) is 4.51. The van der Waals surface area contributed by atoms with Gasteiger partial charge < -0.3 is 9.80 Å². The molecule has 2 aliphatic rings. The van der Waals surface area contributed by atoms with Gasteiger partial charge in [-0.2, -0.15) is 10.1 Å². The van der Waals surface area contributed by atoms with E-state index < -0.39 is 0 Å². The van der Waals surface area contributed by atoms with Crippen molar-refractivity contribution in [2.24, 2.45) is 0 Å². The molecule has 0 unspecified atom stereocenters. The highest BCUT2D eigenvalue weighted by molar-refractivity contribution is 5.78. The van der Waals surface area contributed by atoms with Crippen molar-refractivity contribution < 1.29 is 4.79 Å². The van der Waals surface area contributed by atoms with Crippen molar-refractivity contribution in [3.05, 3.63) is 29.7 Å². The Hall–Kier alpha value is -2.48. The molecule has 2 aliphatic heterocycles. The second kappa shape index (κ2) is 7.64. The summed E-state index contributed by atoms with van der Waals surface area (Å²) in [6, 6.07) is 3.92. The molecule has 2 saturated heterocycles. The molecule has 27 heavy (non-hydrogen) atoms. The van der Waals surface area contributed by atoms with E-state index in [0.717, 1.165) is 75.3 Å². The first-order valence-corrected chi connectivity index (χ1v) is 9.72. The average molecular weight is 369 g/mol. The fraction of sp³-hybridized carbons (Fsp3) is 0.579. The Balaban J connectivity index is 1.37. The molecule has 0 radical (unpaired) electrons. The highest BCUT2D eigenvalue weighted by Crippen LogP contribution is 2.15. The summed E-state index contributed by atoms with van der Waals surface area (Å²) < 4.78 is 1.85. The zero-order valence-corrected chi connectivity index (χ0v) is 16.1. The summed E-state index contributed by atoms with van der Waals surface area (Å²) in [7, 11) is 0. The van der Waals surface area contributed by atoms with Crippen molar-refractivity contribution in [3.63, 3.8) is 0 Å². The Morgan fingerprint density at radius 3 is 2.48 bits per heavy atom. The summed E-state index contributed by atoms with van der Waals surface area (Å²) in [5.74, 6) is 1.78. The number of carbonyl (C=O) groups excluding carboxylic acids is 1. The number of anilines is 1. The Bertz CT molecular complexity index is 804. The number of rotatable bonds is 4. The van der Waals surface area contributed by atoms with Crippen LogP contribution in [0.25, 0.3) is 5.82 Å². The summed E-state index contributed by atoms with van der Waals surface area (Å²) in [6.45, 7) is 9.74. The maximum atomic E-state index is 12.3. The van der Waals surface area contributed by atoms with Gasteiger partial charge in [-0.3, -0.25) is 9.69 Å². The minimum Gasteiger partial charge on any atom is -0.342 e. The number of aromatic nitrogens is 4. The zero-order valence-electron chi connectivity index (χ0n) is 16.1. The standard InChI is InChI=1S/C19H27N7O/c1-15-13-16(2)26(22-15)17-5-6-20-19(21-17)25-11-9-23(10-12-25)14-18(27)24-7-3-4-8-24/h5-6,13H,3-4,7-12,14H2,1-2H3. The molecule has 4 heterocycles. The largest absolute Gasteiger partial charge is 0.342 e. The van der Waals surface area contributed by atoms with Crippen LogP contribution in [0.15, 0.2) is 18.3 Å². The number of aryl methyl sites for hydroxylation is 2. The van der Waals surface area contributed by atoms with Crippen LogP contribution in [0.1, 0.15) is 24.2 Å². The molecule has 0 N–H and O–H groups in total. The molecule has 0 aliphatic carbocycles. The molecule has 0 saturated carbocycles. The van der Waals surface area contributed by atoms with Crippen molar-refractivity contribution in [2.45, 2.75) is 26.7 Å². The lowest BCUT2D eigenvalue weighted by Crippen LogP contribution is -2.50. The number of likely N-dealkylation sites (tertiary alicyclic amines) is 1. The Kier molecular flexibility index (Phi) is 5.07. The lowest BCUT2D eigenvalue weighted by molar-refractivity contribution is -0.131. The van der Waals surface area contributed by atoms with Crippen molar-refractivity contribution in [1.29, 1.82) is 0 Å². The number of nitrogens with zero attached hydrogens (tertiary/aromatic N) is 7. The molecule has 2 aromatic rings. The molecule has 0 spiro atoms. The van der Waals surface area contributed by atoms with Crippen LogP contribution in [0.2, 0.25) is 0 Å². The molecule has 4 rings (SSSR count). The first-order chi connectivity index (χ1) is 13.1. The Morgan fingerprint density at radius 2 is 1.81 bits per heavy atom. The lowest BCUT2D eigenvalue weighted by Gasteiger charge is -2.35. The Morgan fingerprint density at radius 1 is 1.07 bits per heavy atom. The van der Waals surface area contributed by atoms with Crippen LogP contribution in [0.4, 0.5) is 5.95 Å². The first kappa shape index (κ1) is 17.9. The molecule has 8 nitrogen and oxygen atoms in total. The molecule has 1 amide bonds. The molecule has 0 atom stereocenters. The van der Waals surface area contributed by atoms with E-state index in [1.807, 2.05) is 35.6 Å². The number of hydrogen-bond donors (Lipinski definition) is 0. The van der Waals surface area contributed by atoms with E-state index in [2.05, 4.69) is 19.9 Å². The van der Waals surface area contributed by atoms with E-state index in [1.165, 1.54) is 0 Å². The molecular weight excluding hydrogens is 342 g/mol. The highest BCUT2D eigenvalue weighted by Gasteiger charge is 2.24. The Labute approximate surface area is 159 Å². The van der Waals surface area contributed by atoms with Gasteiger partial charge in [0.25, 0.3) is 0 Å². The normalized spacial score (nSPS) is 18.3. The molecular formula is C19H27N7O. The van der Waals surface area contributed by atoms with E-state index in [4.69, 9.17) is 4.98 Å². The third-order valence-corrected chi connectivity index (χ3v) is 5.33. The number of carbonyl (C=O) groups is 1. The van der Waals surface area contributed by atoms with Crippen molar-refractivity contribution >= 4 is 11.9 Å². The smallest absolute Gasteiger partial charge is 0.236 e. The monoisotopic (exact) mass is 369 g/mol. The van der Waals surface area contributed by atoms with Gasteiger partial charge in [0.1, 0.15) is 0 Å². The SMILES string of the molecule is Cc1cc(C)n(-c2ccnc(N3CCN(CC(=O)N4CCCC4)CC3)n2)n1. The zero-order chi connectivity index (χ0) is 18.8. The molecule has 2 aromatic heterocycles. The summed E-state index contributed by atoms with van der Waals surface area (Å²) >= 11 is 0. The maximum Gasteiger partial charge on any atom is 0.236 e. The van der Waals surface area contributed by atoms with Crippen LogP contribution in [-0.2, 0) is 4.79 Å². The van der Waals surface area contributed by atoms with Gasteiger partial charge in [-0.05, 0) is 32.8 Å². The van der Waals surface area contributed by atoms with Crippen LogP contribution in [0.5, 0.6) is 0 Å². The highest BCUT2D eigenvalue weighted by atomic mass is 16.2. The van der Waals surface area contributed by atoms with E-state index in [-0.39, 0.29) is 5.91 Å². The number of hydrogen-bond acceptors (Lipinski definition) is 6. The lowest BCUT2D eigenvalue weighted by atomic mass is 10.3. The predicted molar refractivity (Wildman–Crippen MR) is 103 cm³/mol.